The predicted molar refractivity (Wildman–Crippen MR) is 63.5 cm³/mol. The van der Waals surface area contributed by atoms with E-state index in [1.807, 2.05) is 6.07 Å². The quantitative estimate of drug-likeness (QED) is 0.761. The molecule has 4 nitrogen and oxygen atoms in total. The van der Waals surface area contributed by atoms with E-state index in [1.165, 1.54) is 0 Å². The molecule has 0 saturated carbocycles. The van der Waals surface area contributed by atoms with Gasteiger partial charge in [0, 0.05) is 0 Å². The maximum atomic E-state index is 9.05. The first kappa shape index (κ1) is 13.2. The van der Waals surface area contributed by atoms with E-state index in [9.17, 15) is 0 Å². The van der Waals surface area contributed by atoms with Crippen molar-refractivity contribution in [3.05, 3.63) is 21.0 Å². The summed E-state index contributed by atoms with van der Waals surface area (Å²) in [5, 5.41) is 21.1. The van der Waals surface area contributed by atoms with Crippen LogP contribution in [0.4, 0.5) is 0 Å². The van der Waals surface area contributed by atoms with Gasteiger partial charge in [-0.3, -0.25) is 0 Å². The molecule has 6 heteroatoms. The van der Waals surface area contributed by atoms with Crippen LogP contribution in [0.5, 0.6) is 0 Å². The number of nitrogens with one attached hydrogen (secondary N) is 1. The van der Waals surface area contributed by atoms with E-state index in [4.69, 9.17) is 14.6 Å². The van der Waals surface area contributed by atoms with Crippen molar-refractivity contribution in [2.45, 2.75) is 19.0 Å². The van der Waals surface area contributed by atoms with Gasteiger partial charge in [0.2, 0.25) is 0 Å². The Morgan fingerprint density at radius 1 is 1.40 bits per heavy atom. The van der Waals surface area contributed by atoms with Gasteiger partial charge in [-0.1, -0.05) is 0 Å². The van der Waals surface area contributed by atoms with Crippen LogP contribution < -0.4 is 5.32 Å². The van der Waals surface area contributed by atoms with Crippen LogP contribution >= 0.6 is 31.9 Å². The summed E-state index contributed by atoms with van der Waals surface area (Å²) < 4.78 is 6.82. The average molecular weight is 343 g/mol. The van der Waals surface area contributed by atoms with Crippen molar-refractivity contribution in [3.63, 3.8) is 0 Å². The van der Waals surface area contributed by atoms with Gasteiger partial charge in [0.1, 0.15) is 5.76 Å². The zero-order valence-corrected chi connectivity index (χ0v) is 11.4. The molecule has 1 heterocycles. The zero-order valence-electron chi connectivity index (χ0n) is 8.26. The molecule has 0 aliphatic heterocycles. The summed E-state index contributed by atoms with van der Waals surface area (Å²) in [5.74, 6) is 0.724. The molecule has 1 aromatic rings. The van der Waals surface area contributed by atoms with Crippen LogP contribution in [0.3, 0.4) is 0 Å². The predicted octanol–water partition coefficient (Wildman–Crippen LogP) is 1.64. The number of furan rings is 1. The zero-order chi connectivity index (χ0) is 11.5. The largest absolute Gasteiger partial charge is 0.452 e. The third kappa shape index (κ3) is 3.57. The van der Waals surface area contributed by atoms with E-state index >= 15 is 0 Å². The summed E-state index contributed by atoms with van der Waals surface area (Å²) >= 11 is 6.53. The highest BCUT2D eigenvalue weighted by molar-refractivity contribution is 9.13. The summed E-state index contributed by atoms with van der Waals surface area (Å²) in [6, 6.07) is 1.83. The molecule has 0 aromatic carbocycles. The molecule has 0 radical (unpaired) electrons. The molecule has 0 saturated heterocycles. The lowest BCUT2D eigenvalue weighted by atomic mass is 10.1. The summed E-state index contributed by atoms with van der Waals surface area (Å²) in [6.45, 7) is 1.92. The highest BCUT2D eigenvalue weighted by atomic mass is 79.9. The maximum Gasteiger partial charge on any atom is 0.183 e. The third-order valence-electron chi connectivity index (χ3n) is 2.08. The monoisotopic (exact) mass is 341 g/mol. The molecule has 1 aromatic heterocycles. The Morgan fingerprint density at radius 2 is 2.00 bits per heavy atom. The third-order valence-corrected chi connectivity index (χ3v) is 3.79. The number of aliphatic hydroxyl groups excluding tert-OH is 2. The Labute approximate surface area is 105 Å². The molecule has 0 spiro atoms. The second kappa shape index (κ2) is 5.45. The van der Waals surface area contributed by atoms with E-state index in [-0.39, 0.29) is 13.2 Å². The first-order valence-corrected chi connectivity index (χ1v) is 6.00. The summed E-state index contributed by atoms with van der Waals surface area (Å²) in [6.07, 6.45) is 0. The highest BCUT2D eigenvalue weighted by Gasteiger charge is 2.21. The van der Waals surface area contributed by atoms with Gasteiger partial charge in [-0.2, -0.15) is 0 Å². The van der Waals surface area contributed by atoms with Gasteiger partial charge < -0.3 is 19.9 Å². The van der Waals surface area contributed by atoms with Crippen molar-refractivity contribution in [1.82, 2.24) is 5.32 Å². The van der Waals surface area contributed by atoms with Crippen molar-refractivity contribution >= 4 is 31.9 Å². The number of hydrogen-bond acceptors (Lipinski definition) is 4. The minimum atomic E-state index is -0.689. The van der Waals surface area contributed by atoms with E-state index < -0.39 is 5.54 Å². The normalized spacial score (nSPS) is 12.1. The van der Waals surface area contributed by atoms with Gasteiger partial charge in [-0.25, -0.2) is 0 Å². The van der Waals surface area contributed by atoms with Crippen LogP contribution in [0.2, 0.25) is 0 Å². The van der Waals surface area contributed by atoms with Gasteiger partial charge in [0.15, 0.2) is 4.67 Å². The van der Waals surface area contributed by atoms with Gasteiger partial charge in [-0.05, 0) is 44.8 Å². The van der Waals surface area contributed by atoms with Crippen LogP contribution in [0.1, 0.15) is 12.7 Å². The van der Waals surface area contributed by atoms with Gasteiger partial charge >= 0.3 is 0 Å². The van der Waals surface area contributed by atoms with Crippen molar-refractivity contribution in [3.8, 4) is 0 Å². The van der Waals surface area contributed by atoms with Crippen molar-refractivity contribution < 1.29 is 14.6 Å². The maximum absolute atomic E-state index is 9.05. The minimum absolute atomic E-state index is 0.132. The second-order valence-electron chi connectivity index (χ2n) is 3.56. The Balaban J connectivity index is 2.56. The molecule has 3 N–H and O–H groups in total. The fourth-order valence-electron chi connectivity index (χ4n) is 0.941. The fraction of sp³-hybridized carbons (Fsp3) is 0.556. The molecule has 15 heavy (non-hydrogen) atoms. The smallest absolute Gasteiger partial charge is 0.183 e. The van der Waals surface area contributed by atoms with Crippen molar-refractivity contribution in [2.75, 3.05) is 13.2 Å². The number of aliphatic hydroxyl groups is 2. The average Bonchev–Trinajstić information content (AvgIpc) is 2.55. The lowest BCUT2D eigenvalue weighted by molar-refractivity contribution is 0.101. The molecule has 0 fully saturated rings. The van der Waals surface area contributed by atoms with Crippen LogP contribution in [0.15, 0.2) is 19.6 Å². The lowest BCUT2D eigenvalue weighted by Crippen LogP contribution is -2.48. The molecular formula is C9H13Br2NO3. The topological polar surface area (TPSA) is 65.6 Å². The van der Waals surface area contributed by atoms with Gasteiger partial charge in [0.05, 0.1) is 29.8 Å². The fourth-order valence-corrected chi connectivity index (χ4v) is 1.60. The van der Waals surface area contributed by atoms with Gasteiger partial charge in [0.25, 0.3) is 0 Å². The molecule has 0 aliphatic carbocycles. The highest BCUT2D eigenvalue weighted by Crippen LogP contribution is 2.26. The number of halogens is 2. The molecular weight excluding hydrogens is 330 g/mol. The summed E-state index contributed by atoms with van der Waals surface area (Å²) in [7, 11) is 0. The van der Waals surface area contributed by atoms with Crippen LogP contribution in [-0.2, 0) is 6.54 Å². The SMILES string of the molecule is CC(CO)(CO)NCc1cc(Br)c(Br)o1. The van der Waals surface area contributed by atoms with Crippen LogP contribution in [0.25, 0.3) is 0 Å². The Hall–Kier alpha value is 0.120. The molecule has 86 valence electrons. The molecule has 0 unspecified atom stereocenters. The minimum Gasteiger partial charge on any atom is -0.452 e. The molecule has 1 rings (SSSR count). The molecule has 0 atom stereocenters. The van der Waals surface area contributed by atoms with Gasteiger partial charge in [-0.15, -0.1) is 0 Å². The van der Waals surface area contributed by atoms with E-state index in [0.29, 0.717) is 11.2 Å². The van der Waals surface area contributed by atoms with Crippen LogP contribution in [-0.4, -0.2) is 29.0 Å². The Morgan fingerprint density at radius 3 is 2.40 bits per heavy atom. The first-order valence-electron chi connectivity index (χ1n) is 4.41. The summed E-state index contributed by atoms with van der Waals surface area (Å²) in [4.78, 5) is 0. The Bertz CT molecular complexity index is 304. The Kier molecular flexibility index (Phi) is 4.79. The number of rotatable bonds is 5. The van der Waals surface area contributed by atoms with Crippen molar-refractivity contribution in [2.24, 2.45) is 0 Å². The standard InChI is InChI=1S/C9H13Br2NO3/c1-9(4-13,5-14)12-3-6-2-7(10)8(11)15-6/h2,12-14H,3-5H2,1H3. The molecule has 0 bridgehead atoms. The lowest BCUT2D eigenvalue weighted by Gasteiger charge is -2.25. The van der Waals surface area contributed by atoms with Crippen LogP contribution in [0, 0.1) is 0 Å². The molecule has 0 amide bonds. The number of hydrogen-bond donors (Lipinski definition) is 3. The second-order valence-corrected chi connectivity index (χ2v) is 5.14. The van der Waals surface area contributed by atoms with Crippen molar-refractivity contribution in [1.29, 1.82) is 0 Å². The first-order chi connectivity index (χ1) is 7.00. The van der Waals surface area contributed by atoms with E-state index in [0.717, 1.165) is 10.2 Å². The molecule has 0 aliphatic rings. The van der Waals surface area contributed by atoms with E-state index in [2.05, 4.69) is 37.2 Å². The summed E-state index contributed by atoms with van der Waals surface area (Å²) in [5.41, 5.74) is -0.689. The van der Waals surface area contributed by atoms with E-state index in [1.54, 1.807) is 6.92 Å².